The van der Waals surface area contributed by atoms with Gasteiger partial charge in [0, 0.05) is 11.4 Å². The number of ether oxygens (including phenoxy) is 2. The van der Waals surface area contributed by atoms with E-state index in [-0.39, 0.29) is 11.7 Å². The Morgan fingerprint density at radius 3 is 2.71 bits per heavy atom. The summed E-state index contributed by atoms with van der Waals surface area (Å²) in [6.07, 6.45) is 2.43. The number of thioether (sulfide) groups is 1. The standard InChI is InChI=1S/C24H28N4O4S2/c1-6-13-28-21(17-11-9-10-12-18(17)32-8-3)26-27-24(28)33-14-19(29)25-22-20(23(30)31-5)16(7-2)15(4)34-22/h6,9-12H,1,7-8,13-14H2,2-5H3,(H,25,29). The van der Waals surface area contributed by atoms with E-state index < -0.39 is 5.97 Å². The summed E-state index contributed by atoms with van der Waals surface area (Å²) in [4.78, 5) is 26.1. The Labute approximate surface area is 207 Å². The second-order valence-electron chi connectivity index (χ2n) is 7.16. The summed E-state index contributed by atoms with van der Waals surface area (Å²) >= 11 is 2.64. The highest BCUT2D eigenvalue weighted by molar-refractivity contribution is 7.99. The maximum absolute atomic E-state index is 12.8. The maximum Gasteiger partial charge on any atom is 0.341 e. The first-order chi connectivity index (χ1) is 16.4. The van der Waals surface area contributed by atoms with Crippen molar-refractivity contribution in [3.05, 3.63) is 52.9 Å². The van der Waals surface area contributed by atoms with Gasteiger partial charge in [-0.2, -0.15) is 0 Å². The van der Waals surface area contributed by atoms with Crippen molar-refractivity contribution in [1.82, 2.24) is 14.8 Å². The molecule has 34 heavy (non-hydrogen) atoms. The SMILES string of the molecule is C=CCn1c(SCC(=O)Nc2sc(C)c(CC)c2C(=O)OC)nnc1-c1ccccc1OCC. The number of thiophene rings is 1. The molecule has 0 atom stereocenters. The molecule has 8 nitrogen and oxygen atoms in total. The molecule has 1 aromatic carbocycles. The van der Waals surface area contributed by atoms with Crippen molar-refractivity contribution in [2.24, 2.45) is 0 Å². The van der Waals surface area contributed by atoms with E-state index in [1.807, 2.05) is 49.6 Å². The second-order valence-corrected chi connectivity index (χ2v) is 9.32. The number of methoxy groups -OCH3 is 1. The van der Waals surface area contributed by atoms with Crippen molar-refractivity contribution in [2.45, 2.75) is 38.9 Å². The summed E-state index contributed by atoms with van der Waals surface area (Å²) in [6, 6.07) is 7.63. The number of aryl methyl sites for hydroxylation is 1. The Hall–Kier alpha value is -3.11. The van der Waals surface area contributed by atoms with Gasteiger partial charge in [0.15, 0.2) is 11.0 Å². The predicted molar refractivity (Wildman–Crippen MR) is 136 cm³/mol. The number of nitrogens with zero attached hydrogens (tertiary/aromatic N) is 3. The first-order valence-corrected chi connectivity index (χ1v) is 12.6. The average Bonchev–Trinajstić information content (AvgIpc) is 3.37. The number of esters is 1. The van der Waals surface area contributed by atoms with Crippen LogP contribution in [0.2, 0.25) is 0 Å². The fourth-order valence-corrected chi connectivity index (χ4v) is 5.42. The van der Waals surface area contributed by atoms with Gasteiger partial charge in [-0.05, 0) is 38.0 Å². The normalized spacial score (nSPS) is 10.7. The first kappa shape index (κ1) is 25.5. The Balaban J connectivity index is 1.80. The van der Waals surface area contributed by atoms with Crippen LogP contribution < -0.4 is 10.1 Å². The Morgan fingerprint density at radius 1 is 1.26 bits per heavy atom. The molecule has 0 fully saturated rings. The van der Waals surface area contributed by atoms with Gasteiger partial charge in [0.1, 0.15) is 10.8 Å². The second kappa shape index (κ2) is 11.8. The van der Waals surface area contributed by atoms with E-state index in [0.717, 1.165) is 16.0 Å². The van der Waals surface area contributed by atoms with Crippen LogP contribution in [0.1, 0.15) is 34.6 Å². The van der Waals surface area contributed by atoms with Gasteiger partial charge in [0.05, 0.1) is 30.6 Å². The number of allylic oxidation sites excluding steroid dienone is 1. The molecule has 0 saturated carbocycles. The zero-order chi connectivity index (χ0) is 24.7. The largest absolute Gasteiger partial charge is 0.493 e. The number of aromatic nitrogens is 3. The number of rotatable bonds is 11. The average molecular weight is 501 g/mol. The summed E-state index contributed by atoms with van der Waals surface area (Å²) < 4.78 is 12.6. The highest BCUT2D eigenvalue weighted by Gasteiger charge is 2.23. The van der Waals surface area contributed by atoms with Crippen molar-refractivity contribution in [2.75, 3.05) is 24.8 Å². The fourth-order valence-electron chi connectivity index (χ4n) is 3.52. The lowest BCUT2D eigenvalue weighted by Gasteiger charge is -2.11. The third-order valence-corrected chi connectivity index (χ3v) is 7.02. The molecular formula is C24H28N4O4S2. The van der Waals surface area contributed by atoms with Gasteiger partial charge in [-0.15, -0.1) is 28.1 Å². The number of amides is 1. The Bertz CT molecular complexity index is 1190. The number of nitrogens with one attached hydrogen (secondary N) is 1. The molecule has 3 rings (SSSR count). The van der Waals surface area contributed by atoms with Gasteiger partial charge in [-0.1, -0.05) is 36.9 Å². The molecular weight excluding hydrogens is 472 g/mol. The van der Waals surface area contributed by atoms with Crippen LogP contribution >= 0.6 is 23.1 Å². The lowest BCUT2D eigenvalue weighted by molar-refractivity contribution is -0.113. The summed E-state index contributed by atoms with van der Waals surface area (Å²) in [5.41, 5.74) is 2.14. The minimum atomic E-state index is -0.451. The smallest absolute Gasteiger partial charge is 0.341 e. The van der Waals surface area contributed by atoms with Crippen molar-refractivity contribution in [3.63, 3.8) is 0 Å². The van der Waals surface area contributed by atoms with E-state index >= 15 is 0 Å². The van der Waals surface area contributed by atoms with E-state index in [4.69, 9.17) is 9.47 Å². The van der Waals surface area contributed by atoms with Gasteiger partial charge in [-0.3, -0.25) is 9.36 Å². The summed E-state index contributed by atoms with van der Waals surface area (Å²) in [7, 11) is 1.34. The molecule has 0 aliphatic heterocycles. The fraction of sp³-hybridized carbons (Fsp3) is 0.333. The molecule has 0 aliphatic carbocycles. The van der Waals surface area contributed by atoms with Crippen molar-refractivity contribution >= 4 is 40.0 Å². The molecule has 0 unspecified atom stereocenters. The monoisotopic (exact) mass is 500 g/mol. The Kier molecular flexibility index (Phi) is 8.89. The summed E-state index contributed by atoms with van der Waals surface area (Å²) in [5.74, 6) is 0.755. The molecule has 0 spiro atoms. The van der Waals surface area contributed by atoms with Crippen LogP contribution in [0.3, 0.4) is 0 Å². The molecule has 180 valence electrons. The van der Waals surface area contributed by atoms with Crippen molar-refractivity contribution in [3.8, 4) is 17.1 Å². The van der Waals surface area contributed by atoms with Crippen LogP contribution in [-0.2, 0) is 22.5 Å². The number of anilines is 1. The van der Waals surface area contributed by atoms with Gasteiger partial charge >= 0.3 is 5.97 Å². The maximum atomic E-state index is 12.8. The van der Waals surface area contributed by atoms with Crippen LogP contribution in [0.4, 0.5) is 5.00 Å². The van der Waals surface area contributed by atoms with Crippen LogP contribution in [0.15, 0.2) is 42.1 Å². The van der Waals surface area contributed by atoms with E-state index in [1.165, 1.54) is 30.2 Å². The van der Waals surface area contributed by atoms with Crippen LogP contribution in [-0.4, -0.2) is 46.1 Å². The summed E-state index contributed by atoms with van der Waals surface area (Å²) in [6.45, 7) is 10.7. The number of hydrogen-bond donors (Lipinski definition) is 1. The topological polar surface area (TPSA) is 95.3 Å². The van der Waals surface area contributed by atoms with Crippen molar-refractivity contribution in [1.29, 1.82) is 0 Å². The molecule has 0 bridgehead atoms. The zero-order valence-corrected chi connectivity index (χ0v) is 21.3. The number of hydrogen-bond acceptors (Lipinski definition) is 8. The third-order valence-electron chi connectivity index (χ3n) is 4.99. The molecule has 0 aliphatic rings. The van der Waals surface area contributed by atoms with Crippen LogP contribution in [0.5, 0.6) is 5.75 Å². The van der Waals surface area contributed by atoms with Gasteiger partial charge in [-0.25, -0.2) is 4.79 Å². The minimum absolute atomic E-state index is 0.0986. The molecule has 2 heterocycles. The number of benzene rings is 1. The predicted octanol–water partition coefficient (Wildman–Crippen LogP) is 4.98. The van der Waals surface area contributed by atoms with Gasteiger partial charge in [0.25, 0.3) is 0 Å². The lowest BCUT2D eigenvalue weighted by atomic mass is 10.1. The third kappa shape index (κ3) is 5.51. The molecule has 1 N–H and O–H groups in total. The molecule has 3 aromatic rings. The lowest BCUT2D eigenvalue weighted by Crippen LogP contribution is -2.16. The number of carbonyl (C=O) groups is 2. The molecule has 1 amide bonds. The molecule has 10 heteroatoms. The Morgan fingerprint density at radius 2 is 2.03 bits per heavy atom. The molecule has 2 aromatic heterocycles. The highest BCUT2D eigenvalue weighted by Crippen LogP contribution is 2.35. The van der Waals surface area contributed by atoms with E-state index in [1.54, 1.807) is 6.08 Å². The first-order valence-electron chi connectivity index (χ1n) is 10.8. The van der Waals surface area contributed by atoms with Crippen LogP contribution in [0.25, 0.3) is 11.4 Å². The quantitative estimate of drug-likeness (QED) is 0.225. The minimum Gasteiger partial charge on any atom is -0.493 e. The van der Waals surface area contributed by atoms with Crippen LogP contribution in [0, 0.1) is 6.92 Å². The molecule has 0 saturated heterocycles. The van der Waals surface area contributed by atoms with E-state index in [0.29, 0.717) is 46.9 Å². The zero-order valence-electron chi connectivity index (χ0n) is 19.7. The van der Waals surface area contributed by atoms with E-state index in [2.05, 4.69) is 22.1 Å². The van der Waals surface area contributed by atoms with Crippen molar-refractivity contribution < 1.29 is 19.1 Å². The number of para-hydroxylation sites is 1. The van der Waals surface area contributed by atoms with E-state index in [9.17, 15) is 9.59 Å². The van der Waals surface area contributed by atoms with Gasteiger partial charge in [0.2, 0.25) is 5.91 Å². The highest BCUT2D eigenvalue weighted by atomic mass is 32.2. The number of carbonyl (C=O) groups excluding carboxylic acids is 2. The summed E-state index contributed by atoms with van der Waals surface area (Å²) in [5, 5.41) is 12.6. The van der Waals surface area contributed by atoms with Gasteiger partial charge < -0.3 is 14.8 Å². The molecule has 0 radical (unpaired) electrons.